The molecule has 14 heavy (non-hydrogen) atoms. The van der Waals surface area contributed by atoms with Crippen LogP contribution in [0, 0.1) is 6.92 Å². The summed E-state index contributed by atoms with van der Waals surface area (Å²) in [5.74, 6) is 0.660. The molecule has 1 aromatic heterocycles. The van der Waals surface area contributed by atoms with Gasteiger partial charge in [-0.1, -0.05) is 0 Å². The van der Waals surface area contributed by atoms with E-state index in [4.69, 9.17) is 17.2 Å². The van der Waals surface area contributed by atoms with Gasteiger partial charge in [0.25, 0.3) is 0 Å². The predicted molar refractivity (Wildman–Crippen MR) is 55.2 cm³/mol. The molecule has 8 N–H and O–H groups in total. The largest absolute Gasteiger partial charge is 0.369 e. The molecule has 1 unspecified atom stereocenters. The van der Waals surface area contributed by atoms with Crippen molar-refractivity contribution in [2.75, 3.05) is 5.73 Å². The van der Waals surface area contributed by atoms with Crippen molar-refractivity contribution < 1.29 is 4.99 Å². The van der Waals surface area contributed by atoms with E-state index in [1.54, 1.807) is 0 Å². The van der Waals surface area contributed by atoms with Crippen molar-refractivity contribution in [3.05, 3.63) is 11.4 Å². The third kappa shape index (κ3) is 2.65. The molecule has 1 aromatic rings. The highest BCUT2D eigenvalue weighted by atomic mass is 15.0. The number of anilines is 1. The lowest BCUT2D eigenvalue weighted by Gasteiger charge is -2.02. The highest BCUT2D eigenvalue weighted by Crippen LogP contribution is 2.07. The molecular weight excluding hydrogens is 180 g/mol. The Hall–Kier alpha value is -1.72. The maximum atomic E-state index is 5.51. The van der Waals surface area contributed by atoms with Crippen LogP contribution in [0.25, 0.3) is 0 Å². The maximum absolute atomic E-state index is 5.51. The van der Waals surface area contributed by atoms with Gasteiger partial charge in [0.2, 0.25) is 0 Å². The fourth-order valence-electron chi connectivity index (χ4n) is 1.35. The summed E-state index contributed by atoms with van der Waals surface area (Å²) in [4.78, 5) is 9.99. The first-order valence-electron chi connectivity index (χ1n) is 4.44. The number of hydrogen-bond acceptors (Lipinski definition) is 2. The van der Waals surface area contributed by atoms with E-state index in [1.165, 1.54) is 0 Å². The topological polar surface area (TPSA) is 121 Å². The van der Waals surface area contributed by atoms with Gasteiger partial charge in [0.1, 0.15) is 0 Å². The Kier molecular flexibility index (Phi) is 2.95. The van der Waals surface area contributed by atoms with E-state index in [2.05, 4.69) is 15.0 Å². The molecule has 1 atom stereocenters. The molecule has 1 rings (SSSR count). The second kappa shape index (κ2) is 3.99. The van der Waals surface area contributed by atoms with E-state index in [1.807, 2.05) is 13.8 Å². The summed E-state index contributed by atoms with van der Waals surface area (Å²) in [5, 5.41) is 0. The summed E-state index contributed by atoms with van der Waals surface area (Å²) >= 11 is 0. The number of nitrogens with zero attached hydrogens (tertiary/aromatic N) is 1. The molecule has 0 spiro atoms. The van der Waals surface area contributed by atoms with Crippen molar-refractivity contribution in [3.63, 3.8) is 0 Å². The van der Waals surface area contributed by atoms with Crippen LogP contribution in [-0.4, -0.2) is 22.0 Å². The van der Waals surface area contributed by atoms with E-state index in [0.29, 0.717) is 5.95 Å². The first kappa shape index (κ1) is 10.4. The van der Waals surface area contributed by atoms with Crippen molar-refractivity contribution >= 4 is 11.9 Å². The molecule has 0 saturated heterocycles. The van der Waals surface area contributed by atoms with E-state index < -0.39 is 0 Å². The Bertz CT molecular complexity index is 336. The SMILES string of the molecule is Cc1[nH]c(N)nc1CC(C)[NH+]=C(N)N. The van der Waals surface area contributed by atoms with Gasteiger partial charge < -0.3 is 10.7 Å². The molecule has 78 valence electrons. The Balaban J connectivity index is 2.69. The summed E-state index contributed by atoms with van der Waals surface area (Å²) in [6.07, 6.45) is 0.734. The molecule has 0 radical (unpaired) electrons. The second-order valence-electron chi connectivity index (χ2n) is 3.40. The predicted octanol–water partition coefficient (Wildman–Crippen LogP) is -2.41. The van der Waals surface area contributed by atoms with Gasteiger partial charge in [0.05, 0.1) is 11.7 Å². The molecule has 0 aromatic carbocycles. The fourth-order valence-corrected chi connectivity index (χ4v) is 1.35. The number of guanidine groups is 1. The minimum Gasteiger partial charge on any atom is -0.369 e. The van der Waals surface area contributed by atoms with E-state index in [0.717, 1.165) is 17.8 Å². The minimum atomic E-state index is 0.140. The Morgan fingerprint density at radius 2 is 2.21 bits per heavy atom. The number of rotatable bonds is 3. The zero-order valence-corrected chi connectivity index (χ0v) is 8.46. The van der Waals surface area contributed by atoms with Gasteiger partial charge in [0.15, 0.2) is 5.95 Å². The average Bonchev–Trinajstić information content (AvgIpc) is 2.28. The molecule has 0 aliphatic rings. The van der Waals surface area contributed by atoms with Gasteiger partial charge in [-0.15, -0.1) is 0 Å². The van der Waals surface area contributed by atoms with E-state index in [9.17, 15) is 0 Å². The quantitative estimate of drug-likeness (QED) is 0.273. The summed E-state index contributed by atoms with van der Waals surface area (Å²) in [6.45, 7) is 3.91. The third-order valence-corrected chi connectivity index (χ3v) is 1.92. The molecule has 0 saturated carbocycles. The number of aromatic amines is 1. The Labute approximate surface area is 82.6 Å². The lowest BCUT2D eigenvalue weighted by atomic mass is 10.1. The first-order valence-corrected chi connectivity index (χ1v) is 4.44. The molecule has 1 heterocycles. The minimum absolute atomic E-state index is 0.140. The summed E-state index contributed by atoms with van der Waals surface area (Å²) in [5.41, 5.74) is 18.1. The summed E-state index contributed by atoms with van der Waals surface area (Å²) < 4.78 is 0. The number of nitrogens with two attached hydrogens (primary N) is 3. The van der Waals surface area contributed by atoms with Gasteiger partial charge >= 0.3 is 5.96 Å². The maximum Gasteiger partial charge on any atom is 0.338 e. The summed E-state index contributed by atoms with van der Waals surface area (Å²) in [7, 11) is 0. The van der Waals surface area contributed by atoms with Gasteiger partial charge in [-0.05, 0) is 13.8 Å². The Morgan fingerprint density at radius 3 is 2.64 bits per heavy atom. The van der Waals surface area contributed by atoms with Crippen molar-refractivity contribution in [3.8, 4) is 0 Å². The van der Waals surface area contributed by atoms with Gasteiger partial charge in [-0.25, -0.2) is 4.98 Å². The highest BCUT2D eigenvalue weighted by Gasteiger charge is 2.09. The van der Waals surface area contributed by atoms with Crippen LogP contribution in [0.3, 0.4) is 0 Å². The number of hydrogen-bond donors (Lipinski definition) is 5. The fraction of sp³-hybridized carbons (Fsp3) is 0.500. The molecule has 0 fully saturated rings. The molecule has 0 amide bonds. The van der Waals surface area contributed by atoms with Gasteiger partial charge in [0, 0.05) is 12.1 Å². The van der Waals surface area contributed by atoms with Crippen molar-refractivity contribution in [1.29, 1.82) is 0 Å². The molecule has 0 aliphatic heterocycles. The van der Waals surface area contributed by atoms with Crippen LogP contribution >= 0.6 is 0 Å². The molecular formula is C8H17N6+. The zero-order chi connectivity index (χ0) is 10.7. The second-order valence-corrected chi connectivity index (χ2v) is 3.40. The molecule has 0 bridgehead atoms. The van der Waals surface area contributed by atoms with Gasteiger partial charge in [-0.3, -0.25) is 16.5 Å². The summed E-state index contributed by atoms with van der Waals surface area (Å²) in [6, 6.07) is 0.140. The van der Waals surface area contributed by atoms with Crippen LogP contribution in [0.4, 0.5) is 5.95 Å². The highest BCUT2D eigenvalue weighted by molar-refractivity contribution is 5.69. The van der Waals surface area contributed by atoms with E-state index >= 15 is 0 Å². The smallest absolute Gasteiger partial charge is 0.338 e. The molecule has 0 aliphatic carbocycles. The van der Waals surface area contributed by atoms with Crippen LogP contribution in [0.15, 0.2) is 0 Å². The monoisotopic (exact) mass is 197 g/mol. The number of nitrogen functional groups attached to an aromatic ring is 1. The first-order chi connectivity index (χ1) is 6.49. The number of nitrogens with one attached hydrogen (secondary N) is 2. The van der Waals surface area contributed by atoms with Crippen LogP contribution in [0.5, 0.6) is 0 Å². The van der Waals surface area contributed by atoms with Crippen LogP contribution in [0.1, 0.15) is 18.3 Å². The number of aromatic nitrogens is 2. The van der Waals surface area contributed by atoms with E-state index in [-0.39, 0.29) is 12.0 Å². The van der Waals surface area contributed by atoms with Gasteiger partial charge in [-0.2, -0.15) is 0 Å². The lowest BCUT2D eigenvalue weighted by Crippen LogP contribution is -2.83. The van der Waals surface area contributed by atoms with Crippen molar-refractivity contribution in [1.82, 2.24) is 9.97 Å². The van der Waals surface area contributed by atoms with Crippen molar-refractivity contribution in [2.24, 2.45) is 11.5 Å². The van der Waals surface area contributed by atoms with Crippen molar-refractivity contribution in [2.45, 2.75) is 26.3 Å². The average molecular weight is 197 g/mol. The zero-order valence-electron chi connectivity index (χ0n) is 8.46. The standard InChI is InChI=1S/C8H16N6/c1-4(12-7(9)10)3-6-5(2)13-8(11)14-6/h4H,3H2,1-2H3,(H4,9,10,12)(H3,11,13,14)/p+1. The Morgan fingerprint density at radius 1 is 1.57 bits per heavy atom. The molecule has 6 heteroatoms. The number of H-pyrrole nitrogens is 1. The number of imidazole rings is 1. The molecule has 6 nitrogen and oxygen atoms in total. The number of aryl methyl sites for hydroxylation is 1. The normalized spacial score (nSPS) is 12.4. The van der Waals surface area contributed by atoms with Crippen LogP contribution in [0.2, 0.25) is 0 Å². The van der Waals surface area contributed by atoms with Crippen LogP contribution < -0.4 is 22.2 Å². The third-order valence-electron chi connectivity index (χ3n) is 1.92. The van der Waals surface area contributed by atoms with Crippen LogP contribution in [-0.2, 0) is 6.42 Å². The lowest BCUT2D eigenvalue weighted by molar-refractivity contribution is -0.499.